The first-order chi connectivity index (χ1) is 12.5. The second kappa shape index (κ2) is 12.6. The maximum atomic E-state index is 9.57. The molecule has 0 atom stereocenters. The summed E-state index contributed by atoms with van der Waals surface area (Å²) in [7, 11) is 0. The van der Waals surface area contributed by atoms with Gasteiger partial charge in [-0.2, -0.15) is 0 Å². The molecule has 0 spiro atoms. The maximum Gasteiger partial charge on any atom is 0.191 e. The number of rotatable bonds is 8. The molecule has 1 saturated heterocycles. The van der Waals surface area contributed by atoms with Crippen LogP contribution in [0.15, 0.2) is 35.3 Å². The minimum Gasteiger partial charge on any atom is -0.393 e. The van der Waals surface area contributed by atoms with Crippen molar-refractivity contribution < 1.29 is 5.11 Å². The van der Waals surface area contributed by atoms with E-state index in [4.69, 9.17) is 4.99 Å². The number of likely N-dealkylation sites (tertiary alicyclic amines) is 1. The largest absolute Gasteiger partial charge is 0.393 e. The number of benzene rings is 1. The van der Waals surface area contributed by atoms with Crippen molar-refractivity contribution in [2.75, 3.05) is 39.3 Å². The third kappa shape index (κ3) is 8.79. The minimum absolute atomic E-state index is 0. The highest BCUT2D eigenvalue weighted by molar-refractivity contribution is 14.0. The number of aliphatic imine (C=N–C) groups is 1. The fourth-order valence-corrected chi connectivity index (χ4v) is 3.25. The van der Waals surface area contributed by atoms with Crippen molar-refractivity contribution in [2.24, 2.45) is 4.99 Å². The molecule has 0 aliphatic carbocycles. The van der Waals surface area contributed by atoms with Crippen LogP contribution in [0.1, 0.15) is 45.6 Å². The highest BCUT2D eigenvalue weighted by atomic mass is 127. The number of piperidine rings is 1. The standard InChI is InChI=1S/C21H36N4O.HI/c1-4-22-20(23-13-8-14-25-15-11-19(26)12-16-25)24-17-21(2,3)18-9-6-5-7-10-18;/h5-7,9-10,19,26H,4,8,11-17H2,1-3H3,(H2,22,23,24);1H. The molecule has 0 unspecified atom stereocenters. The Morgan fingerprint density at radius 1 is 1.19 bits per heavy atom. The Balaban J connectivity index is 0.00000364. The molecule has 0 aromatic heterocycles. The van der Waals surface area contributed by atoms with Crippen LogP contribution in [0, 0.1) is 0 Å². The van der Waals surface area contributed by atoms with Gasteiger partial charge >= 0.3 is 0 Å². The van der Waals surface area contributed by atoms with Crippen LogP contribution in [0.4, 0.5) is 0 Å². The monoisotopic (exact) mass is 488 g/mol. The molecule has 3 N–H and O–H groups in total. The zero-order valence-corrected chi connectivity index (χ0v) is 19.4. The van der Waals surface area contributed by atoms with E-state index in [-0.39, 0.29) is 35.5 Å². The zero-order valence-electron chi connectivity index (χ0n) is 17.1. The van der Waals surface area contributed by atoms with Crippen LogP contribution in [0.2, 0.25) is 0 Å². The second-order valence-corrected chi connectivity index (χ2v) is 7.80. The Labute approximate surface area is 182 Å². The molecule has 1 heterocycles. The van der Waals surface area contributed by atoms with Gasteiger partial charge in [-0.25, -0.2) is 0 Å². The molecule has 1 aliphatic heterocycles. The predicted octanol–water partition coefficient (Wildman–Crippen LogP) is 2.98. The lowest BCUT2D eigenvalue weighted by Gasteiger charge is -2.29. The van der Waals surface area contributed by atoms with Gasteiger partial charge in [0, 0.05) is 31.6 Å². The van der Waals surface area contributed by atoms with E-state index in [0.717, 1.165) is 64.5 Å². The number of aliphatic hydroxyl groups is 1. The van der Waals surface area contributed by atoms with Crippen LogP contribution in [0.5, 0.6) is 0 Å². The van der Waals surface area contributed by atoms with Crippen LogP contribution in [0.3, 0.4) is 0 Å². The lowest BCUT2D eigenvalue weighted by Crippen LogP contribution is -2.41. The molecule has 0 bridgehead atoms. The van der Waals surface area contributed by atoms with Crippen molar-refractivity contribution in [2.45, 2.75) is 51.6 Å². The first-order valence-corrected chi connectivity index (χ1v) is 9.99. The molecule has 1 aromatic rings. The number of guanidine groups is 1. The smallest absolute Gasteiger partial charge is 0.191 e. The molecular formula is C21H37IN4O. The van der Waals surface area contributed by atoms with E-state index in [1.165, 1.54) is 5.56 Å². The van der Waals surface area contributed by atoms with Gasteiger partial charge in [0.1, 0.15) is 0 Å². The second-order valence-electron chi connectivity index (χ2n) is 7.80. The highest BCUT2D eigenvalue weighted by Gasteiger charge is 2.20. The van der Waals surface area contributed by atoms with E-state index in [1.807, 2.05) is 0 Å². The lowest BCUT2D eigenvalue weighted by molar-refractivity contribution is 0.0823. The molecule has 0 radical (unpaired) electrons. The first-order valence-electron chi connectivity index (χ1n) is 9.99. The fraction of sp³-hybridized carbons (Fsp3) is 0.667. The van der Waals surface area contributed by atoms with E-state index in [1.54, 1.807) is 0 Å². The van der Waals surface area contributed by atoms with Crippen molar-refractivity contribution in [3.05, 3.63) is 35.9 Å². The van der Waals surface area contributed by atoms with Gasteiger partial charge < -0.3 is 20.6 Å². The van der Waals surface area contributed by atoms with Crippen molar-refractivity contribution in [3.63, 3.8) is 0 Å². The van der Waals surface area contributed by atoms with Gasteiger partial charge in [0.15, 0.2) is 5.96 Å². The quantitative estimate of drug-likeness (QED) is 0.228. The first kappa shape index (κ1) is 24.2. The van der Waals surface area contributed by atoms with Crippen LogP contribution >= 0.6 is 24.0 Å². The molecule has 5 nitrogen and oxygen atoms in total. The summed E-state index contributed by atoms with van der Waals surface area (Å²) in [4.78, 5) is 7.24. The molecule has 27 heavy (non-hydrogen) atoms. The van der Waals surface area contributed by atoms with Gasteiger partial charge in [-0.05, 0) is 38.3 Å². The SMILES string of the molecule is CCNC(=NCC(C)(C)c1ccccc1)NCCCN1CCC(O)CC1.I. The Bertz CT molecular complexity index is 542. The number of nitrogens with one attached hydrogen (secondary N) is 2. The van der Waals surface area contributed by atoms with Gasteiger partial charge in [-0.15, -0.1) is 24.0 Å². The topological polar surface area (TPSA) is 59.9 Å². The van der Waals surface area contributed by atoms with E-state index in [2.05, 4.69) is 66.6 Å². The highest BCUT2D eigenvalue weighted by Crippen LogP contribution is 2.22. The van der Waals surface area contributed by atoms with E-state index in [0.29, 0.717) is 0 Å². The average molecular weight is 488 g/mol. The Morgan fingerprint density at radius 2 is 1.85 bits per heavy atom. The molecule has 6 heteroatoms. The molecule has 1 aromatic carbocycles. The number of nitrogens with zero attached hydrogens (tertiary/aromatic N) is 2. The van der Waals surface area contributed by atoms with E-state index >= 15 is 0 Å². The molecule has 1 fully saturated rings. The van der Waals surface area contributed by atoms with Gasteiger partial charge in [-0.1, -0.05) is 44.2 Å². The molecular weight excluding hydrogens is 451 g/mol. The molecule has 0 saturated carbocycles. The molecule has 1 aliphatic rings. The molecule has 0 amide bonds. The number of halogens is 1. The summed E-state index contributed by atoms with van der Waals surface area (Å²) in [5.41, 5.74) is 1.32. The maximum absolute atomic E-state index is 9.57. The van der Waals surface area contributed by atoms with Crippen molar-refractivity contribution in [1.82, 2.24) is 15.5 Å². The normalized spacial score (nSPS) is 16.7. The Morgan fingerprint density at radius 3 is 2.48 bits per heavy atom. The van der Waals surface area contributed by atoms with Crippen molar-refractivity contribution >= 4 is 29.9 Å². The fourth-order valence-electron chi connectivity index (χ4n) is 3.25. The van der Waals surface area contributed by atoms with Crippen LogP contribution < -0.4 is 10.6 Å². The average Bonchev–Trinajstić information content (AvgIpc) is 2.65. The molecule has 154 valence electrons. The summed E-state index contributed by atoms with van der Waals surface area (Å²) < 4.78 is 0. The summed E-state index contributed by atoms with van der Waals surface area (Å²) in [6.45, 7) is 12.2. The van der Waals surface area contributed by atoms with Gasteiger partial charge in [-0.3, -0.25) is 4.99 Å². The Hall–Kier alpha value is -0.860. The van der Waals surface area contributed by atoms with E-state index < -0.39 is 0 Å². The van der Waals surface area contributed by atoms with Gasteiger partial charge in [0.25, 0.3) is 0 Å². The third-order valence-electron chi connectivity index (χ3n) is 5.03. The van der Waals surface area contributed by atoms with Crippen molar-refractivity contribution in [3.8, 4) is 0 Å². The summed E-state index contributed by atoms with van der Waals surface area (Å²) >= 11 is 0. The van der Waals surface area contributed by atoms with Crippen LogP contribution in [-0.4, -0.2) is 61.3 Å². The number of hydrogen-bond acceptors (Lipinski definition) is 3. The van der Waals surface area contributed by atoms with E-state index in [9.17, 15) is 5.11 Å². The van der Waals surface area contributed by atoms with Crippen LogP contribution in [0.25, 0.3) is 0 Å². The molecule has 2 rings (SSSR count). The number of aliphatic hydroxyl groups excluding tert-OH is 1. The summed E-state index contributed by atoms with van der Waals surface area (Å²) in [6.07, 6.45) is 2.81. The van der Waals surface area contributed by atoms with Crippen molar-refractivity contribution in [1.29, 1.82) is 0 Å². The zero-order chi connectivity index (χ0) is 18.8. The number of hydrogen-bond donors (Lipinski definition) is 3. The van der Waals surface area contributed by atoms with Gasteiger partial charge in [0.2, 0.25) is 0 Å². The van der Waals surface area contributed by atoms with Crippen LogP contribution in [-0.2, 0) is 5.41 Å². The van der Waals surface area contributed by atoms with Gasteiger partial charge in [0.05, 0.1) is 12.6 Å². The minimum atomic E-state index is -0.0927. The Kier molecular flexibility index (Phi) is 11.3. The predicted molar refractivity (Wildman–Crippen MR) is 125 cm³/mol. The summed E-state index contributed by atoms with van der Waals surface area (Å²) in [5.74, 6) is 0.894. The third-order valence-corrected chi connectivity index (χ3v) is 5.03. The lowest BCUT2D eigenvalue weighted by atomic mass is 9.85. The summed E-state index contributed by atoms with van der Waals surface area (Å²) in [6, 6.07) is 10.6. The summed E-state index contributed by atoms with van der Waals surface area (Å²) in [5, 5.41) is 16.4.